The number of hydrogen-bond acceptors (Lipinski definition) is 6. The van der Waals surface area contributed by atoms with Gasteiger partial charge in [0, 0.05) is 22.7 Å². The average Bonchev–Trinajstić information content (AvgIpc) is 2.98. The van der Waals surface area contributed by atoms with Crippen molar-refractivity contribution >= 4 is 51.0 Å². The SMILES string of the molecule is Cc1c(C(=O)NC(C)C)oc2ccc(Nc3ncnc4ccc(Cl)nc34)cc12. The van der Waals surface area contributed by atoms with Gasteiger partial charge in [-0.25, -0.2) is 15.0 Å². The van der Waals surface area contributed by atoms with E-state index in [0.717, 1.165) is 16.6 Å². The van der Waals surface area contributed by atoms with Crippen LogP contribution >= 0.6 is 11.6 Å². The van der Waals surface area contributed by atoms with E-state index in [0.29, 0.717) is 33.3 Å². The second kappa shape index (κ2) is 7.09. The Balaban J connectivity index is 1.72. The van der Waals surface area contributed by atoms with Gasteiger partial charge >= 0.3 is 0 Å². The molecule has 0 saturated carbocycles. The molecule has 2 N–H and O–H groups in total. The average molecular weight is 396 g/mol. The highest BCUT2D eigenvalue weighted by molar-refractivity contribution is 6.29. The summed E-state index contributed by atoms with van der Waals surface area (Å²) in [7, 11) is 0. The molecule has 4 aromatic rings. The van der Waals surface area contributed by atoms with Crippen LogP contribution in [0.15, 0.2) is 41.1 Å². The molecular formula is C20H18ClN5O2. The van der Waals surface area contributed by atoms with Gasteiger partial charge in [-0.15, -0.1) is 0 Å². The lowest BCUT2D eigenvalue weighted by Crippen LogP contribution is -2.30. The van der Waals surface area contributed by atoms with Gasteiger partial charge < -0.3 is 15.1 Å². The molecule has 0 saturated heterocycles. The van der Waals surface area contributed by atoms with E-state index in [1.165, 1.54) is 6.33 Å². The van der Waals surface area contributed by atoms with E-state index in [9.17, 15) is 4.79 Å². The lowest BCUT2D eigenvalue weighted by atomic mass is 10.1. The maximum absolute atomic E-state index is 12.3. The van der Waals surface area contributed by atoms with Crippen molar-refractivity contribution in [1.29, 1.82) is 0 Å². The monoisotopic (exact) mass is 395 g/mol. The summed E-state index contributed by atoms with van der Waals surface area (Å²) in [6.07, 6.45) is 1.47. The summed E-state index contributed by atoms with van der Waals surface area (Å²) in [4.78, 5) is 25.1. The van der Waals surface area contributed by atoms with Crippen LogP contribution in [0.5, 0.6) is 0 Å². The number of nitrogens with one attached hydrogen (secondary N) is 2. The Morgan fingerprint density at radius 1 is 1.18 bits per heavy atom. The lowest BCUT2D eigenvalue weighted by Gasteiger charge is -2.08. The summed E-state index contributed by atoms with van der Waals surface area (Å²) in [6, 6.07) is 9.10. The molecule has 7 nitrogen and oxygen atoms in total. The van der Waals surface area contributed by atoms with Crippen LogP contribution in [0, 0.1) is 6.92 Å². The highest BCUT2D eigenvalue weighted by Gasteiger charge is 2.18. The second-order valence-corrected chi connectivity index (χ2v) is 7.13. The Labute approximate surface area is 166 Å². The smallest absolute Gasteiger partial charge is 0.287 e. The molecule has 0 unspecified atom stereocenters. The highest BCUT2D eigenvalue weighted by atomic mass is 35.5. The molecule has 3 aromatic heterocycles. The number of aryl methyl sites for hydroxylation is 1. The molecule has 0 bridgehead atoms. The quantitative estimate of drug-likeness (QED) is 0.490. The first kappa shape index (κ1) is 18.2. The standard InChI is InChI=1S/C20H18ClN5O2/c1-10(2)24-20(27)18-11(3)13-8-12(4-6-15(13)28-18)25-19-17-14(22-9-23-19)5-7-16(21)26-17/h4-10H,1-3H3,(H,24,27)(H,22,23,25). The first-order valence-corrected chi connectivity index (χ1v) is 9.18. The molecule has 0 atom stereocenters. The van der Waals surface area contributed by atoms with Gasteiger partial charge in [-0.2, -0.15) is 0 Å². The first-order chi connectivity index (χ1) is 13.4. The third-order valence-electron chi connectivity index (χ3n) is 4.27. The fourth-order valence-electron chi connectivity index (χ4n) is 2.99. The maximum Gasteiger partial charge on any atom is 0.287 e. The Hall–Kier alpha value is -3.19. The summed E-state index contributed by atoms with van der Waals surface area (Å²) in [5, 5.41) is 7.32. The number of rotatable bonds is 4. The number of furan rings is 1. The van der Waals surface area contributed by atoms with Crippen molar-refractivity contribution in [2.75, 3.05) is 5.32 Å². The Kier molecular flexibility index (Phi) is 4.60. The molecule has 3 heterocycles. The van der Waals surface area contributed by atoms with Crippen LogP contribution in [0.1, 0.15) is 30.0 Å². The molecule has 1 amide bonds. The van der Waals surface area contributed by atoms with E-state index in [2.05, 4.69) is 25.6 Å². The van der Waals surface area contributed by atoms with Crippen LogP contribution in [0.25, 0.3) is 22.0 Å². The zero-order valence-corrected chi connectivity index (χ0v) is 16.3. The third kappa shape index (κ3) is 3.36. The van der Waals surface area contributed by atoms with E-state index >= 15 is 0 Å². The highest BCUT2D eigenvalue weighted by Crippen LogP contribution is 2.30. The first-order valence-electron chi connectivity index (χ1n) is 8.80. The predicted octanol–water partition coefficient (Wildman–Crippen LogP) is 4.61. The van der Waals surface area contributed by atoms with Crippen LogP contribution < -0.4 is 10.6 Å². The molecule has 0 radical (unpaired) electrons. The number of fused-ring (bicyclic) bond motifs is 2. The van der Waals surface area contributed by atoms with Gasteiger partial charge in [0.2, 0.25) is 0 Å². The van der Waals surface area contributed by atoms with Crippen molar-refractivity contribution in [3.8, 4) is 0 Å². The molecule has 0 aliphatic heterocycles. The van der Waals surface area contributed by atoms with Crippen molar-refractivity contribution in [3.63, 3.8) is 0 Å². The minimum atomic E-state index is -0.223. The van der Waals surface area contributed by atoms with E-state index < -0.39 is 0 Å². The fourth-order valence-corrected chi connectivity index (χ4v) is 3.14. The van der Waals surface area contributed by atoms with Gasteiger partial charge in [0.25, 0.3) is 5.91 Å². The number of aromatic nitrogens is 3. The number of hydrogen-bond donors (Lipinski definition) is 2. The van der Waals surface area contributed by atoms with Gasteiger partial charge in [-0.3, -0.25) is 4.79 Å². The topological polar surface area (TPSA) is 92.9 Å². The Bertz CT molecular complexity index is 1200. The molecular weight excluding hydrogens is 378 g/mol. The van der Waals surface area contributed by atoms with Crippen LogP contribution in [-0.2, 0) is 0 Å². The van der Waals surface area contributed by atoms with Gasteiger partial charge in [0.15, 0.2) is 11.6 Å². The summed E-state index contributed by atoms with van der Waals surface area (Å²) in [5.41, 5.74) is 3.48. The Morgan fingerprint density at radius 2 is 2.00 bits per heavy atom. The van der Waals surface area contributed by atoms with E-state index in [1.54, 1.807) is 12.1 Å². The Morgan fingerprint density at radius 3 is 2.79 bits per heavy atom. The van der Waals surface area contributed by atoms with Crippen molar-refractivity contribution in [2.45, 2.75) is 26.8 Å². The summed E-state index contributed by atoms with van der Waals surface area (Å²) < 4.78 is 5.76. The number of benzene rings is 1. The molecule has 142 valence electrons. The molecule has 0 aliphatic rings. The number of halogens is 1. The third-order valence-corrected chi connectivity index (χ3v) is 4.48. The summed E-state index contributed by atoms with van der Waals surface area (Å²) in [6.45, 7) is 5.68. The summed E-state index contributed by atoms with van der Waals surface area (Å²) in [5.74, 6) is 0.645. The number of anilines is 2. The zero-order valence-electron chi connectivity index (χ0n) is 15.6. The van der Waals surface area contributed by atoms with Gasteiger partial charge in [-0.05, 0) is 51.1 Å². The molecule has 4 rings (SSSR count). The van der Waals surface area contributed by atoms with Crippen LogP contribution in [0.3, 0.4) is 0 Å². The van der Waals surface area contributed by atoms with Crippen molar-refractivity contribution in [1.82, 2.24) is 20.3 Å². The van der Waals surface area contributed by atoms with Crippen LogP contribution in [-0.4, -0.2) is 26.9 Å². The molecule has 8 heteroatoms. The van der Waals surface area contributed by atoms with Crippen molar-refractivity contribution in [3.05, 3.63) is 53.1 Å². The number of nitrogens with zero attached hydrogens (tertiary/aromatic N) is 3. The normalized spacial score (nSPS) is 11.3. The molecule has 0 aliphatic carbocycles. The zero-order chi connectivity index (χ0) is 19.8. The van der Waals surface area contributed by atoms with Crippen molar-refractivity contribution in [2.24, 2.45) is 0 Å². The second-order valence-electron chi connectivity index (χ2n) is 6.74. The number of carbonyl (C=O) groups is 1. The number of amides is 1. The maximum atomic E-state index is 12.3. The number of carbonyl (C=O) groups excluding carboxylic acids is 1. The van der Waals surface area contributed by atoms with Crippen LogP contribution in [0.2, 0.25) is 5.15 Å². The summed E-state index contributed by atoms with van der Waals surface area (Å²) >= 11 is 6.02. The van der Waals surface area contributed by atoms with Gasteiger partial charge in [0.1, 0.15) is 22.6 Å². The largest absolute Gasteiger partial charge is 0.451 e. The molecule has 0 fully saturated rings. The van der Waals surface area contributed by atoms with E-state index in [-0.39, 0.29) is 11.9 Å². The predicted molar refractivity (Wildman–Crippen MR) is 109 cm³/mol. The molecule has 1 aromatic carbocycles. The fraction of sp³-hybridized carbons (Fsp3) is 0.200. The lowest BCUT2D eigenvalue weighted by molar-refractivity contribution is 0.0916. The molecule has 0 spiro atoms. The van der Waals surface area contributed by atoms with Gasteiger partial charge in [0.05, 0.1) is 5.52 Å². The minimum absolute atomic E-state index is 0.0303. The van der Waals surface area contributed by atoms with E-state index in [4.69, 9.17) is 16.0 Å². The minimum Gasteiger partial charge on any atom is -0.451 e. The van der Waals surface area contributed by atoms with Crippen LogP contribution in [0.4, 0.5) is 11.5 Å². The van der Waals surface area contributed by atoms with E-state index in [1.807, 2.05) is 39.0 Å². The van der Waals surface area contributed by atoms with Crippen molar-refractivity contribution < 1.29 is 9.21 Å². The van der Waals surface area contributed by atoms with Gasteiger partial charge in [-0.1, -0.05) is 11.6 Å². The molecule has 28 heavy (non-hydrogen) atoms. The number of pyridine rings is 1.